The quantitative estimate of drug-likeness (QED) is 0.836. The number of sulfonamides is 1. The SMILES string of the molecule is CN(c1ccc(C(N)=S)cc1)S(=O)(=O)C1CC1. The van der Waals surface area contributed by atoms with E-state index < -0.39 is 10.0 Å². The maximum Gasteiger partial charge on any atom is 0.237 e. The number of hydrogen-bond donors (Lipinski definition) is 1. The molecule has 0 heterocycles. The van der Waals surface area contributed by atoms with Crippen LogP contribution in [0.3, 0.4) is 0 Å². The molecule has 0 spiro atoms. The fourth-order valence-corrected chi connectivity index (χ4v) is 3.30. The van der Waals surface area contributed by atoms with Crippen LogP contribution in [0.5, 0.6) is 0 Å². The van der Waals surface area contributed by atoms with Gasteiger partial charge in [0, 0.05) is 12.6 Å². The zero-order valence-electron chi connectivity index (χ0n) is 9.46. The third kappa shape index (κ3) is 2.42. The van der Waals surface area contributed by atoms with Gasteiger partial charge in [-0.3, -0.25) is 4.31 Å². The Bertz CT molecular complexity index is 533. The summed E-state index contributed by atoms with van der Waals surface area (Å²) in [5, 5.41) is -0.206. The lowest BCUT2D eigenvalue weighted by Crippen LogP contribution is -2.29. The molecule has 0 unspecified atom stereocenters. The van der Waals surface area contributed by atoms with E-state index in [1.54, 1.807) is 31.3 Å². The van der Waals surface area contributed by atoms with E-state index in [9.17, 15) is 8.42 Å². The molecule has 2 rings (SSSR count). The van der Waals surface area contributed by atoms with Gasteiger partial charge >= 0.3 is 0 Å². The fraction of sp³-hybridized carbons (Fsp3) is 0.364. The van der Waals surface area contributed by atoms with Gasteiger partial charge in [-0.25, -0.2) is 8.42 Å². The molecule has 1 aromatic carbocycles. The topological polar surface area (TPSA) is 63.4 Å². The van der Waals surface area contributed by atoms with E-state index in [1.807, 2.05) is 0 Å². The lowest BCUT2D eigenvalue weighted by Gasteiger charge is -2.19. The van der Waals surface area contributed by atoms with Crippen molar-refractivity contribution in [3.63, 3.8) is 0 Å². The van der Waals surface area contributed by atoms with Crippen LogP contribution < -0.4 is 10.0 Å². The molecule has 0 aromatic heterocycles. The highest BCUT2D eigenvalue weighted by atomic mass is 32.2. The van der Waals surface area contributed by atoms with Gasteiger partial charge in [0.05, 0.1) is 10.9 Å². The van der Waals surface area contributed by atoms with Crippen LogP contribution >= 0.6 is 12.2 Å². The number of hydrogen-bond acceptors (Lipinski definition) is 3. The van der Waals surface area contributed by atoms with Crippen LogP contribution in [0.1, 0.15) is 18.4 Å². The standard InChI is InChI=1S/C11H14N2O2S2/c1-13(17(14,15)10-6-7-10)9-4-2-8(3-5-9)11(12)16/h2-5,10H,6-7H2,1H3,(H2,12,16). The number of nitrogens with two attached hydrogens (primary N) is 1. The van der Waals surface area contributed by atoms with Crippen molar-refractivity contribution in [3.05, 3.63) is 29.8 Å². The first-order valence-electron chi connectivity index (χ1n) is 5.30. The van der Waals surface area contributed by atoms with Crippen LogP contribution in [0.2, 0.25) is 0 Å². The van der Waals surface area contributed by atoms with E-state index in [0.29, 0.717) is 10.7 Å². The van der Waals surface area contributed by atoms with Gasteiger partial charge in [0.25, 0.3) is 0 Å². The summed E-state index contributed by atoms with van der Waals surface area (Å²) in [5.41, 5.74) is 6.86. The molecule has 0 radical (unpaired) electrons. The summed E-state index contributed by atoms with van der Waals surface area (Å²) < 4.78 is 25.3. The summed E-state index contributed by atoms with van der Waals surface area (Å²) in [6.45, 7) is 0. The maximum atomic E-state index is 12.0. The highest BCUT2D eigenvalue weighted by Crippen LogP contribution is 2.32. The molecular formula is C11H14N2O2S2. The van der Waals surface area contributed by atoms with Crippen molar-refractivity contribution in [2.45, 2.75) is 18.1 Å². The van der Waals surface area contributed by atoms with Gasteiger partial charge < -0.3 is 5.73 Å². The molecule has 92 valence electrons. The Morgan fingerprint density at radius 1 is 1.35 bits per heavy atom. The van der Waals surface area contributed by atoms with Crippen LogP contribution in [0.15, 0.2) is 24.3 Å². The van der Waals surface area contributed by atoms with E-state index in [1.165, 1.54) is 4.31 Å². The normalized spacial score (nSPS) is 15.6. The van der Waals surface area contributed by atoms with Crippen molar-refractivity contribution in [1.29, 1.82) is 0 Å². The van der Waals surface area contributed by atoms with Gasteiger partial charge in [-0.15, -0.1) is 0 Å². The van der Waals surface area contributed by atoms with E-state index in [2.05, 4.69) is 0 Å². The van der Waals surface area contributed by atoms with Gasteiger partial charge in [-0.2, -0.15) is 0 Å². The highest BCUT2D eigenvalue weighted by molar-refractivity contribution is 7.93. The van der Waals surface area contributed by atoms with Crippen LogP contribution in [0, 0.1) is 0 Å². The predicted octanol–water partition coefficient (Wildman–Crippen LogP) is 1.25. The molecule has 0 aliphatic heterocycles. The Balaban J connectivity index is 2.25. The summed E-state index contributed by atoms with van der Waals surface area (Å²) >= 11 is 4.84. The average Bonchev–Trinajstić information content (AvgIpc) is 3.12. The molecule has 2 N–H and O–H groups in total. The minimum absolute atomic E-state index is 0.206. The third-order valence-corrected chi connectivity index (χ3v) is 5.37. The molecule has 0 atom stereocenters. The van der Waals surface area contributed by atoms with E-state index in [-0.39, 0.29) is 5.25 Å². The van der Waals surface area contributed by atoms with E-state index in [4.69, 9.17) is 18.0 Å². The fourth-order valence-electron chi connectivity index (χ4n) is 1.57. The summed E-state index contributed by atoms with van der Waals surface area (Å²) in [6.07, 6.45) is 1.52. The minimum Gasteiger partial charge on any atom is -0.389 e. The Labute approximate surface area is 106 Å². The molecule has 0 amide bonds. The summed E-state index contributed by atoms with van der Waals surface area (Å²) in [4.78, 5) is 0.309. The molecule has 6 heteroatoms. The van der Waals surface area contributed by atoms with Crippen LogP contribution in [0.4, 0.5) is 5.69 Å². The number of benzene rings is 1. The first-order valence-corrected chi connectivity index (χ1v) is 7.21. The number of nitrogens with zero attached hydrogens (tertiary/aromatic N) is 1. The van der Waals surface area contributed by atoms with E-state index in [0.717, 1.165) is 18.4 Å². The van der Waals surface area contributed by atoms with Gasteiger partial charge in [-0.05, 0) is 37.1 Å². The molecule has 1 aliphatic rings. The van der Waals surface area contributed by atoms with Crippen LogP contribution in [-0.4, -0.2) is 25.7 Å². The number of rotatable bonds is 4. The van der Waals surface area contributed by atoms with Gasteiger partial charge in [0.1, 0.15) is 4.99 Å². The molecule has 0 saturated heterocycles. The van der Waals surface area contributed by atoms with Crippen molar-refractivity contribution in [2.24, 2.45) is 5.73 Å². The lowest BCUT2D eigenvalue weighted by atomic mass is 10.2. The molecule has 17 heavy (non-hydrogen) atoms. The summed E-state index contributed by atoms with van der Waals surface area (Å²) in [7, 11) is -1.61. The highest BCUT2D eigenvalue weighted by Gasteiger charge is 2.38. The lowest BCUT2D eigenvalue weighted by molar-refractivity contribution is 0.593. The van der Waals surface area contributed by atoms with Crippen molar-refractivity contribution in [1.82, 2.24) is 0 Å². The zero-order valence-corrected chi connectivity index (χ0v) is 11.1. The van der Waals surface area contributed by atoms with Crippen molar-refractivity contribution in [2.75, 3.05) is 11.4 Å². The number of thiocarbonyl (C=S) groups is 1. The Hall–Kier alpha value is -1.14. The van der Waals surface area contributed by atoms with Crippen LogP contribution in [0.25, 0.3) is 0 Å². The average molecular weight is 270 g/mol. The van der Waals surface area contributed by atoms with Gasteiger partial charge in [-0.1, -0.05) is 12.2 Å². The third-order valence-electron chi connectivity index (χ3n) is 2.84. The summed E-state index contributed by atoms with van der Waals surface area (Å²) in [6, 6.07) is 6.90. The number of anilines is 1. The smallest absolute Gasteiger partial charge is 0.237 e. The molecule has 0 bridgehead atoms. The van der Waals surface area contributed by atoms with Gasteiger partial charge in [0.2, 0.25) is 10.0 Å². The van der Waals surface area contributed by atoms with Crippen LogP contribution in [-0.2, 0) is 10.0 Å². The Morgan fingerprint density at radius 2 is 1.88 bits per heavy atom. The Morgan fingerprint density at radius 3 is 2.29 bits per heavy atom. The second kappa shape index (κ2) is 4.27. The monoisotopic (exact) mass is 270 g/mol. The molecular weight excluding hydrogens is 256 g/mol. The molecule has 1 fully saturated rings. The maximum absolute atomic E-state index is 12.0. The van der Waals surface area contributed by atoms with Crippen molar-refractivity contribution >= 4 is 32.9 Å². The largest absolute Gasteiger partial charge is 0.389 e. The predicted molar refractivity (Wildman–Crippen MR) is 72.7 cm³/mol. The molecule has 4 nitrogen and oxygen atoms in total. The van der Waals surface area contributed by atoms with E-state index >= 15 is 0 Å². The second-order valence-corrected chi connectivity index (χ2v) is 6.81. The zero-order chi connectivity index (χ0) is 12.6. The van der Waals surface area contributed by atoms with Gasteiger partial charge in [0.15, 0.2) is 0 Å². The second-order valence-electron chi connectivity index (χ2n) is 4.12. The first kappa shape index (κ1) is 12.3. The minimum atomic E-state index is -3.18. The van der Waals surface area contributed by atoms with Crippen molar-refractivity contribution in [3.8, 4) is 0 Å². The molecule has 1 saturated carbocycles. The van der Waals surface area contributed by atoms with Crippen molar-refractivity contribution < 1.29 is 8.42 Å². The first-order chi connectivity index (χ1) is 7.93. The Kier molecular flexibility index (Phi) is 3.09. The summed E-state index contributed by atoms with van der Waals surface area (Å²) in [5.74, 6) is 0. The molecule has 1 aliphatic carbocycles. The molecule has 1 aromatic rings.